The van der Waals surface area contributed by atoms with E-state index in [1.54, 1.807) is 0 Å². The van der Waals surface area contributed by atoms with Gasteiger partial charge in [-0.1, -0.05) is 6.42 Å². The molecule has 0 aromatic heterocycles. The molecule has 17 heavy (non-hydrogen) atoms. The van der Waals surface area contributed by atoms with E-state index >= 15 is 0 Å². The summed E-state index contributed by atoms with van der Waals surface area (Å²) in [5.74, 6) is -0.702. The van der Waals surface area contributed by atoms with Gasteiger partial charge in [0.2, 0.25) is 0 Å². The highest BCUT2D eigenvalue weighted by molar-refractivity contribution is 5.67. The smallest absolute Gasteiger partial charge is 0.304 e. The molecule has 94 valence electrons. The van der Waals surface area contributed by atoms with Gasteiger partial charge in [0.25, 0.3) is 0 Å². The van der Waals surface area contributed by atoms with Crippen LogP contribution in [0.1, 0.15) is 44.9 Å². The molecule has 1 N–H and O–H groups in total. The van der Waals surface area contributed by atoms with Crippen molar-refractivity contribution in [1.82, 2.24) is 4.90 Å². The van der Waals surface area contributed by atoms with Crippen LogP contribution in [0.3, 0.4) is 0 Å². The van der Waals surface area contributed by atoms with Crippen LogP contribution < -0.4 is 0 Å². The van der Waals surface area contributed by atoms with Gasteiger partial charge in [-0.2, -0.15) is 5.26 Å². The number of rotatable bonds is 5. The van der Waals surface area contributed by atoms with E-state index < -0.39 is 5.97 Å². The fourth-order valence-corrected chi connectivity index (χ4v) is 2.87. The predicted octanol–water partition coefficient (Wildman–Crippen LogP) is 2.01. The van der Waals surface area contributed by atoms with Gasteiger partial charge in [-0.05, 0) is 37.6 Å². The molecule has 4 nitrogen and oxygen atoms in total. The molecule has 2 aliphatic rings. The lowest BCUT2D eigenvalue weighted by molar-refractivity contribution is -0.138. The van der Waals surface area contributed by atoms with Crippen LogP contribution in [-0.4, -0.2) is 35.1 Å². The number of likely N-dealkylation sites (tertiary alicyclic amines) is 1. The van der Waals surface area contributed by atoms with Crippen molar-refractivity contribution in [3.05, 3.63) is 0 Å². The van der Waals surface area contributed by atoms with Crippen LogP contribution in [0.4, 0.5) is 0 Å². The molecular formula is C13H20N2O2. The molecule has 0 radical (unpaired) electrons. The second kappa shape index (κ2) is 5.05. The fraction of sp³-hybridized carbons (Fsp3) is 0.846. The summed E-state index contributed by atoms with van der Waals surface area (Å²) in [5, 5.41) is 17.7. The molecule has 0 bridgehead atoms. The van der Waals surface area contributed by atoms with E-state index in [0.717, 1.165) is 38.8 Å². The van der Waals surface area contributed by atoms with Crippen LogP contribution in [0.15, 0.2) is 0 Å². The number of hydrogen-bond donors (Lipinski definition) is 1. The van der Waals surface area contributed by atoms with Crippen LogP contribution >= 0.6 is 0 Å². The van der Waals surface area contributed by atoms with Gasteiger partial charge >= 0.3 is 5.97 Å². The lowest BCUT2D eigenvalue weighted by atomic mass is 9.95. The first-order chi connectivity index (χ1) is 8.15. The van der Waals surface area contributed by atoms with Crippen LogP contribution in [0, 0.1) is 16.7 Å². The van der Waals surface area contributed by atoms with Crippen LogP contribution in [0.25, 0.3) is 0 Å². The first-order valence-electron chi connectivity index (χ1n) is 6.48. The number of nitriles is 1. The molecule has 1 heterocycles. The molecule has 2 fully saturated rings. The van der Waals surface area contributed by atoms with Crippen molar-refractivity contribution in [2.75, 3.05) is 13.1 Å². The molecule has 1 aliphatic heterocycles. The Labute approximate surface area is 102 Å². The summed E-state index contributed by atoms with van der Waals surface area (Å²) in [5.41, 5.74) is 0.197. The molecule has 0 spiro atoms. The van der Waals surface area contributed by atoms with Gasteiger partial charge in [-0.25, -0.2) is 0 Å². The zero-order chi connectivity index (χ0) is 12.3. The maximum absolute atomic E-state index is 10.8. The Bertz CT molecular complexity index is 331. The van der Waals surface area contributed by atoms with Gasteiger partial charge in [0.05, 0.1) is 12.5 Å². The maximum Gasteiger partial charge on any atom is 0.304 e. The Morgan fingerprint density at radius 3 is 2.82 bits per heavy atom. The van der Waals surface area contributed by atoms with Gasteiger partial charge in [0.15, 0.2) is 0 Å². The summed E-state index contributed by atoms with van der Waals surface area (Å²) in [6.07, 6.45) is 6.45. The molecule has 1 atom stereocenters. The van der Waals surface area contributed by atoms with E-state index in [1.165, 1.54) is 6.42 Å². The lowest BCUT2D eigenvalue weighted by Crippen LogP contribution is -2.43. The van der Waals surface area contributed by atoms with Crippen molar-refractivity contribution in [3.63, 3.8) is 0 Å². The third kappa shape index (κ3) is 3.19. The van der Waals surface area contributed by atoms with Crippen molar-refractivity contribution in [3.8, 4) is 6.07 Å². The summed E-state index contributed by atoms with van der Waals surface area (Å²) < 4.78 is 0. The molecule has 1 unspecified atom stereocenters. The Kier molecular flexibility index (Phi) is 3.68. The normalized spacial score (nSPS) is 27.4. The highest BCUT2D eigenvalue weighted by atomic mass is 16.4. The van der Waals surface area contributed by atoms with Crippen LogP contribution in [0.5, 0.6) is 0 Å². The average molecular weight is 236 g/mol. The minimum absolute atomic E-state index is 0.192. The molecule has 0 amide bonds. The summed E-state index contributed by atoms with van der Waals surface area (Å²) in [6, 6.07) is 2.46. The second-order valence-corrected chi connectivity index (χ2v) is 5.55. The molecule has 2 rings (SSSR count). The predicted molar refractivity (Wildman–Crippen MR) is 63.4 cm³/mol. The Balaban J connectivity index is 1.92. The zero-order valence-corrected chi connectivity index (χ0v) is 10.2. The van der Waals surface area contributed by atoms with E-state index in [9.17, 15) is 4.79 Å². The molecule has 0 aromatic carbocycles. The van der Waals surface area contributed by atoms with Gasteiger partial charge in [0.1, 0.15) is 0 Å². The second-order valence-electron chi connectivity index (χ2n) is 5.55. The van der Waals surface area contributed by atoms with Gasteiger partial charge in [0, 0.05) is 19.0 Å². The number of hydrogen-bond acceptors (Lipinski definition) is 3. The highest BCUT2D eigenvalue weighted by Gasteiger charge is 2.45. The molecular weight excluding hydrogens is 216 g/mol. The maximum atomic E-state index is 10.8. The van der Waals surface area contributed by atoms with Gasteiger partial charge < -0.3 is 5.11 Å². The van der Waals surface area contributed by atoms with Crippen molar-refractivity contribution >= 4 is 5.97 Å². The average Bonchev–Trinajstić information content (AvgIpc) is 3.01. The van der Waals surface area contributed by atoms with E-state index in [1.807, 2.05) is 0 Å². The van der Waals surface area contributed by atoms with Gasteiger partial charge in [-0.15, -0.1) is 0 Å². The standard InChI is InChI=1S/C13H20N2O2/c14-7-6-13(4-5-13)10-15-8-2-1-3-11(15)9-12(16)17/h11H,1-6,8-10H2,(H,16,17). The molecule has 1 saturated carbocycles. The largest absolute Gasteiger partial charge is 0.481 e. The molecule has 1 saturated heterocycles. The van der Waals surface area contributed by atoms with Crippen LogP contribution in [-0.2, 0) is 4.79 Å². The third-order valence-electron chi connectivity index (χ3n) is 4.11. The third-order valence-corrected chi connectivity index (χ3v) is 4.11. The number of carboxylic acids is 1. The molecule has 1 aliphatic carbocycles. The minimum atomic E-state index is -0.702. The first kappa shape index (κ1) is 12.4. The quantitative estimate of drug-likeness (QED) is 0.793. The number of carboxylic acid groups (broad SMARTS) is 1. The molecule has 0 aromatic rings. The van der Waals surface area contributed by atoms with E-state index in [-0.39, 0.29) is 17.9 Å². The Morgan fingerprint density at radius 1 is 1.47 bits per heavy atom. The van der Waals surface area contributed by atoms with Crippen molar-refractivity contribution in [2.24, 2.45) is 5.41 Å². The zero-order valence-electron chi connectivity index (χ0n) is 10.2. The van der Waals surface area contributed by atoms with Gasteiger partial charge in [-0.3, -0.25) is 9.69 Å². The number of nitrogens with zero attached hydrogens (tertiary/aromatic N) is 2. The lowest BCUT2D eigenvalue weighted by Gasteiger charge is -2.37. The Morgan fingerprint density at radius 2 is 2.24 bits per heavy atom. The van der Waals surface area contributed by atoms with E-state index in [4.69, 9.17) is 10.4 Å². The number of aliphatic carboxylic acids is 1. The number of piperidine rings is 1. The summed E-state index contributed by atoms with van der Waals surface area (Å²) >= 11 is 0. The van der Waals surface area contributed by atoms with Crippen LogP contribution in [0.2, 0.25) is 0 Å². The SMILES string of the molecule is N#CCC1(CN2CCCCC2CC(=O)O)CC1. The minimum Gasteiger partial charge on any atom is -0.481 e. The van der Waals surface area contributed by atoms with Crippen molar-refractivity contribution in [1.29, 1.82) is 5.26 Å². The summed E-state index contributed by atoms with van der Waals surface area (Å²) in [4.78, 5) is 13.2. The summed E-state index contributed by atoms with van der Waals surface area (Å²) in [6.45, 7) is 1.93. The van der Waals surface area contributed by atoms with E-state index in [0.29, 0.717) is 6.42 Å². The Hall–Kier alpha value is -1.08. The molecule has 4 heteroatoms. The monoisotopic (exact) mass is 236 g/mol. The first-order valence-corrected chi connectivity index (χ1v) is 6.48. The fourth-order valence-electron chi connectivity index (χ4n) is 2.87. The van der Waals surface area contributed by atoms with E-state index in [2.05, 4.69) is 11.0 Å². The van der Waals surface area contributed by atoms with Crippen molar-refractivity contribution < 1.29 is 9.90 Å². The topological polar surface area (TPSA) is 64.3 Å². The highest BCUT2D eigenvalue weighted by Crippen LogP contribution is 2.49. The summed E-state index contributed by atoms with van der Waals surface area (Å²) in [7, 11) is 0. The number of carbonyl (C=O) groups is 1. The van der Waals surface area contributed by atoms with Crippen molar-refractivity contribution in [2.45, 2.75) is 51.0 Å².